The maximum absolute atomic E-state index is 12.1. The van der Waals surface area contributed by atoms with Crippen LogP contribution in [0.2, 0.25) is 0 Å². The van der Waals surface area contributed by atoms with Crippen molar-refractivity contribution < 1.29 is 9.59 Å². The number of amides is 2. The molecular formula is C18H20N2O2. The van der Waals surface area contributed by atoms with Crippen LogP contribution in [0.25, 0.3) is 0 Å². The minimum atomic E-state index is -0.138. The number of hydrogen-bond donors (Lipinski definition) is 2. The Balaban J connectivity index is 1.79. The molecule has 0 unspecified atom stereocenters. The molecule has 2 aromatic rings. The van der Waals surface area contributed by atoms with Crippen LogP contribution in [0.4, 0.5) is 0 Å². The molecule has 114 valence electrons. The summed E-state index contributed by atoms with van der Waals surface area (Å²) in [5, 5.41) is 5.59. The molecule has 4 heteroatoms. The number of rotatable bonds is 5. The molecule has 0 heterocycles. The summed E-state index contributed by atoms with van der Waals surface area (Å²) in [6.07, 6.45) is 0. The Bertz CT molecular complexity index is 666. The molecule has 0 bridgehead atoms. The molecule has 0 spiro atoms. The van der Waals surface area contributed by atoms with E-state index in [1.165, 1.54) is 0 Å². The first-order valence-corrected chi connectivity index (χ1v) is 7.26. The molecular weight excluding hydrogens is 276 g/mol. The van der Waals surface area contributed by atoms with Gasteiger partial charge in [-0.1, -0.05) is 35.9 Å². The minimum Gasteiger partial charge on any atom is -0.350 e. The summed E-state index contributed by atoms with van der Waals surface area (Å²) in [6, 6.07) is 14.7. The minimum absolute atomic E-state index is 0.119. The zero-order valence-electron chi connectivity index (χ0n) is 12.8. The molecule has 0 saturated carbocycles. The first-order chi connectivity index (χ1) is 10.6. The van der Waals surface area contributed by atoms with Crippen molar-refractivity contribution in [3.05, 3.63) is 70.8 Å². The Hall–Kier alpha value is -2.62. The Morgan fingerprint density at radius 2 is 1.50 bits per heavy atom. The molecule has 2 amide bonds. The smallest absolute Gasteiger partial charge is 0.251 e. The van der Waals surface area contributed by atoms with Crippen molar-refractivity contribution in [3.63, 3.8) is 0 Å². The summed E-state index contributed by atoms with van der Waals surface area (Å²) in [7, 11) is 0. The Kier molecular flexibility index (Phi) is 5.31. The van der Waals surface area contributed by atoms with Gasteiger partial charge in [-0.15, -0.1) is 0 Å². The van der Waals surface area contributed by atoms with Gasteiger partial charge in [-0.25, -0.2) is 0 Å². The van der Waals surface area contributed by atoms with E-state index in [0.717, 1.165) is 11.1 Å². The van der Waals surface area contributed by atoms with Gasteiger partial charge in [0.15, 0.2) is 0 Å². The van der Waals surface area contributed by atoms with E-state index in [1.807, 2.05) is 50.2 Å². The van der Waals surface area contributed by atoms with E-state index in [0.29, 0.717) is 24.2 Å². The van der Waals surface area contributed by atoms with Crippen molar-refractivity contribution in [1.29, 1.82) is 0 Å². The van der Waals surface area contributed by atoms with Gasteiger partial charge in [-0.3, -0.25) is 9.59 Å². The van der Waals surface area contributed by atoms with Crippen LogP contribution in [0.3, 0.4) is 0 Å². The highest BCUT2D eigenvalue weighted by Crippen LogP contribution is 2.10. The van der Waals surface area contributed by atoms with E-state index in [9.17, 15) is 9.59 Å². The summed E-state index contributed by atoms with van der Waals surface area (Å²) in [5.41, 5.74) is 3.36. The molecule has 2 rings (SSSR count). The number of hydrogen-bond acceptors (Lipinski definition) is 2. The molecule has 4 nitrogen and oxygen atoms in total. The number of carbonyl (C=O) groups is 2. The summed E-state index contributed by atoms with van der Waals surface area (Å²) in [6.45, 7) is 4.70. The van der Waals surface area contributed by atoms with E-state index in [2.05, 4.69) is 10.6 Å². The first kappa shape index (κ1) is 15.8. The second-order valence-electron chi connectivity index (χ2n) is 5.20. The maximum Gasteiger partial charge on any atom is 0.251 e. The maximum atomic E-state index is 12.1. The predicted molar refractivity (Wildman–Crippen MR) is 87.0 cm³/mol. The zero-order valence-corrected chi connectivity index (χ0v) is 12.8. The van der Waals surface area contributed by atoms with Gasteiger partial charge in [0.1, 0.15) is 0 Å². The van der Waals surface area contributed by atoms with E-state index >= 15 is 0 Å². The van der Waals surface area contributed by atoms with Crippen LogP contribution >= 0.6 is 0 Å². The predicted octanol–water partition coefficient (Wildman–Crippen LogP) is 2.46. The van der Waals surface area contributed by atoms with Crippen molar-refractivity contribution >= 4 is 11.8 Å². The normalized spacial score (nSPS) is 10.1. The third-order valence-electron chi connectivity index (χ3n) is 3.36. The Morgan fingerprint density at radius 1 is 0.864 bits per heavy atom. The molecule has 0 saturated heterocycles. The summed E-state index contributed by atoms with van der Waals surface area (Å²) in [5.74, 6) is -0.257. The first-order valence-electron chi connectivity index (χ1n) is 7.26. The molecule has 2 N–H and O–H groups in total. The van der Waals surface area contributed by atoms with Crippen molar-refractivity contribution in [2.45, 2.75) is 13.8 Å². The molecule has 22 heavy (non-hydrogen) atoms. The van der Waals surface area contributed by atoms with Crippen molar-refractivity contribution in [3.8, 4) is 0 Å². The second-order valence-corrected chi connectivity index (χ2v) is 5.20. The zero-order chi connectivity index (χ0) is 15.9. The largest absolute Gasteiger partial charge is 0.350 e. The fraction of sp³-hybridized carbons (Fsp3) is 0.222. The van der Waals surface area contributed by atoms with Crippen LogP contribution in [0.1, 0.15) is 31.8 Å². The molecule has 0 aliphatic rings. The highest BCUT2D eigenvalue weighted by atomic mass is 16.2. The quantitative estimate of drug-likeness (QED) is 0.833. The summed E-state index contributed by atoms with van der Waals surface area (Å²) >= 11 is 0. The van der Waals surface area contributed by atoms with Crippen molar-refractivity contribution in [2.24, 2.45) is 0 Å². The van der Waals surface area contributed by atoms with E-state index in [4.69, 9.17) is 0 Å². The fourth-order valence-corrected chi connectivity index (χ4v) is 2.21. The monoisotopic (exact) mass is 296 g/mol. The van der Waals surface area contributed by atoms with E-state index in [-0.39, 0.29) is 11.8 Å². The van der Waals surface area contributed by atoms with Gasteiger partial charge in [0.05, 0.1) is 0 Å². The number of carbonyl (C=O) groups excluding carboxylic acids is 2. The van der Waals surface area contributed by atoms with Crippen molar-refractivity contribution in [1.82, 2.24) is 10.6 Å². The number of benzene rings is 2. The van der Waals surface area contributed by atoms with Gasteiger partial charge in [-0.2, -0.15) is 0 Å². The van der Waals surface area contributed by atoms with Crippen LogP contribution in [-0.2, 0) is 0 Å². The van der Waals surface area contributed by atoms with E-state index in [1.54, 1.807) is 12.1 Å². The summed E-state index contributed by atoms with van der Waals surface area (Å²) < 4.78 is 0. The van der Waals surface area contributed by atoms with Gasteiger partial charge < -0.3 is 10.6 Å². The SMILES string of the molecule is Cc1ccc(C(=O)NCCNC(=O)c2ccccc2)c(C)c1. The van der Waals surface area contributed by atoms with E-state index < -0.39 is 0 Å². The average Bonchev–Trinajstić information content (AvgIpc) is 2.52. The molecule has 2 aromatic carbocycles. The standard InChI is InChI=1S/C18H20N2O2/c1-13-8-9-16(14(2)12-13)18(22)20-11-10-19-17(21)15-6-4-3-5-7-15/h3-9,12H,10-11H2,1-2H3,(H,19,21)(H,20,22). The van der Waals surface area contributed by atoms with Gasteiger partial charge in [-0.05, 0) is 37.6 Å². The molecule has 0 radical (unpaired) electrons. The lowest BCUT2D eigenvalue weighted by Gasteiger charge is -2.09. The summed E-state index contributed by atoms with van der Waals surface area (Å²) in [4.78, 5) is 23.9. The highest BCUT2D eigenvalue weighted by molar-refractivity contribution is 5.96. The van der Waals surface area contributed by atoms with Crippen LogP contribution in [-0.4, -0.2) is 24.9 Å². The third-order valence-corrected chi connectivity index (χ3v) is 3.36. The average molecular weight is 296 g/mol. The molecule has 0 fully saturated rings. The Morgan fingerprint density at radius 3 is 2.14 bits per heavy atom. The lowest BCUT2D eigenvalue weighted by Crippen LogP contribution is -2.34. The highest BCUT2D eigenvalue weighted by Gasteiger charge is 2.08. The third kappa shape index (κ3) is 4.19. The topological polar surface area (TPSA) is 58.2 Å². The van der Waals surface area contributed by atoms with Gasteiger partial charge >= 0.3 is 0 Å². The lowest BCUT2D eigenvalue weighted by atomic mass is 10.1. The molecule has 0 aromatic heterocycles. The molecule has 0 atom stereocenters. The van der Waals surface area contributed by atoms with Gasteiger partial charge in [0.25, 0.3) is 11.8 Å². The molecule has 0 aliphatic carbocycles. The van der Waals surface area contributed by atoms with Crippen molar-refractivity contribution in [2.75, 3.05) is 13.1 Å². The number of nitrogens with one attached hydrogen (secondary N) is 2. The Labute approximate surface area is 130 Å². The second kappa shape index (κ2) is 7.41. The van der Waals surface area contributed by atoms with Crippen LogP contribution in [0, 0.1) is 13.8 Å². The van der Waals surface area contributed by atoms with Gasteiger partial charge in [0, 0.05) is 24.2 Å². The molecule has 0 aliphatic heterocycles. The van der Waals surface area contributed by atoms with Gasteiger partial charge in [0.2, 0.25) is 0 Å². The van der Waals surface area contributed by atoms with Crippen LogP contribution in [0.15, 0.2) is 48.5 Å². The van der Waals surface area contributed by atoms with Crippen LogP contribution < -0.4 is 10.6 Å². The van der Waals surface area contributed by atoms with Crippen LogP contribution in [0.5, 0.6) is 0 Å². The lowest BCUT2D eigenvalue weighted by molar-refractivity contribution is 0.0927. The fourth-order valence-electron chi connectivity index (χ4n) is 2.21. The number of aryl methyl sites for hydroxylation is 2.